The van der Waals surface area contributed by atoms with Gasteiger partial charge in [-0.3, -0.25) is 4.79 Å². The molecule has 104 valence electrons. The molecule has 19 heavy (non-hydrogen) atoms. The summed E-state index contributed by atoms with van der Waals surface area (Å²) in [5.74, 6) is -1.35. The molecule has 0 aliphatic rings. The highest BCUT2D eigenvalue weighted by Crippen LogP contribution is 2.21. The fourth-order valence-corrected chi connectivity index (χ4v) is 1.86. The van der Waals surface area contributed by atoms with Gasteiger partial charge >= 0.3 is 5.97 Å². The van der Waals surface area contributed by atoms with Crippen molar-refractivity contribution in [2.75, 3.05) is 19.0 Å². The molecule has 0 fully saturated rings. The number of aromatic carboxylic acids is 1. The number of carboxylic acids is 1. The molecule has 1 rings (SSSR count). The predicted molar refractivity (Wildman–Crippen MR) is 74.2 cm³/mol. The third-order valence-electron chi connectivity index (χ3n) is 2.49. The molecule has 0 aromatic heterocycles. The number of carbonyl (C=O) groups excluding carboxylic acids is 1. The van der Waals surface area contributed by atoms with Crippen molar-refractivity contribution in [1.82, 2.24) is 0 Å². The summed E-state index contributed by atoms with van der Waals surface area (Å²) in [6, 6.07) is 4.56. The van der Waals surface area contributed by atoms with Crippen LogP contribution in [0.4, 0.5) is 5.69 Å². The summed E-state index contributed by atoms with van der Waals surface area (Å²) in [6.45, 7) is 0.241. The van der Waals surface area contributed by atoms with E-state index in [9.17, 15) is 9.59 Å². The molecule has 0 saturated carbocycles. The molecule has 1 aromatic rings. The summed E-state index contributed by atoms with van der Waals surface area (Å²) in [5, 5.41) is 11.6. The SMILES string of the molecule is COC(CN)CC(=O)Nc1ccc(Br)c(C(=O)O)c1. The number of hydrogen-bond acceptors (Lipinski definition) is 4. The fraction of sp³-hybridized carbons (Fsp3) is 0.333. The summed E-state index contributed by atoms with van der Waals surface area (Å²) in [7, 11) is 1.48. The molecule has 4 N–H and O–H groups in total. The number of nitrogens with one attached hydrogen (secondary N) is 1. The number of halogens is 1. The van der Waals surface area contributed by atoms with Gasteiger partial charge in [0.1, 0.15) is 0 Å². The van der Waals surface area contributed by atoms with Gasteiger partial charge in [0, 0.05) is 23.8 Å². The van der Waals surface area contributed by atoms with Gasteiger partial charge in [0.15, 0.2) is 0 Å². The Hall–Kier alpha value is -1.44. The van der Waals surface area contributed by atoms with Gasteiger partial charge in [-0.1, -0.05) is 0 Å². The first-order chi connectivity index (χ1) is 8.97. The van der Waals surface area contributed by atoms with E-state index in [1.807, 2.05) is 0 Å². The Morgan fingerprint density at radius 2 is 2.21 bits per heavy atom. The zero-order chi connectivity index (χ0) is 14.4. The highest BCUT2D eigenvalue weighted by molar-refractivity contribution is 9.10. The molecule has 0 saturated heterocycles. The van der Waals surface area contributed by atoms with Crippen LogP contribution in [0.2, 0.25) is 0 Å². The molecule has 7 heteroatoms. The van der Waals surface area contributed by atoms with E-state index in [2.05, 4.69) is 21.2 Å². The van der Waals surface area contributed by atoms with E-state index in [1.54, 1.807) is 12.1 Å². The summed E-state index contributed by atoms with van der Waals surface area (Å²) < 4.78 is 5.45. The van der Waals surface area contributed by atoms with E-state index in [4.69, 9.17) is 15.6 Å². The van der Waals surface area contributed by atoms with Crippen molar-refractivity contribution in [1.29, 1.82) is 0 Å². The van der Waals surface area contributed by atoms with Crippen molar-refractivity contribution in [3.05, 3.63) is 28.2 Å². The van der Waals surface area contributed by atoms with Crippen LogP contribution in [-0.4, -0.2) is 36.7 Å². The lowest BCUT2D eigenvalue weighted by Gasteiger charge is -2.13. The van der Waals surface area contributed by atoms with Gasteiger partial charge < -0.3 is 20.9 Å². The van der Waals surface area contributed by atoms with Crippen LogP contribution in [-0.2, 0) is 9.53 Å². The second kappa shape index (κ2) is 7.22. The molecule has 1 unspecified atom stereocenters. The van der Waals surface area contributed by atoms with E-state index in [0.29, 0.717) is 10.2 Å². The van der Waals surface area contributed by atoms with Crippen LogP contribution in [0.15, 0.2) is 22.7 Å². The lowest BCUT2D eigenvalue weighted by molar-refractivity contribution is -0.118. The first kappa shape index (κ1) is 15.6. The van der Waals surface area contributed by atoms with E-state index < -0.39 is 5.97 Å². The molecule has 0 heterocycles. The smallest absolute Gasteiger partial charge is 0.336 e. The van der Waals surface area contributed by atoms with E-state index in [1.165, 1.54) is 13.2 Å². The zero-order valence-electron chi connectivity index (χ0n) is 10.4. The molecular weight excluding hydrogens is 316 g/mol. The number of amides is 1. The Morgan fingerprint density at radius 1 is 1.53 bits per heavy atom. The normalized spacial score (nSPS) is 11.9. The van der Waals surface area contributed by atoms with Crippen LogP contribution in [0.1, 0.15) is 16.8 Å². The average molecular weight is 331 g/mol. The molecule has 1 amide bonds. The Balaban J connectivity index is 2.74. The number of nitrogens with two attached hydrogens (primary N) is 1. The van der Waals surface area contributed by atoms with Crippen LogP contribution in [0.5, 0.6) is 0 Å². The summed E-state index contributed by atoms with van der Waals surface area (Å²) in [5.41, 5.74) is 5.92. The number of carboxylic acid groups (broad SMARTS) is 1. The molecule has 0 spiro atoms. The first-order valence-electron chi connectivity index (χ1n) is 5.53. The van der Waals surface area contributed by atoms with Crippen molar-refractivity contribution >= 4 is 33.5 Å². The van der Waals surface area contributed by atoms with Crippen LogP contribution in [0.3, 0.4) is 0 Å². The number of hydrogen-bond donors (Lipinski definition) is 3. The Kier molecular flexibility index (Phi) is 5.94. The third kappa shape index (κ3) is 4.62. The largest absolute Gasteiger partial charge is 0.478 e. The minimum absolute atomic E-state index is 0.0833. The van der Waals surface area contributed by atoms with Crippen molar-refractivity contribution in [2.24, 2.45) is 5.73 Å². The average Bonchev–Trinajstić information content (AvgIpc) is 2.37. The number of benzene rings is 1. The highest BCUT2D eigenvalue weighted by Gasteiger charge is 2.13. The molecule has 0 aliphatic carbocycles. The van der Waals surface area contributed by atoms with Crippen molar-refractivity contribution in [3.8, 4) is 0 Å². The maximum atomic E-state index is 11.7. The van der Waals surface area contributed by atoms with Gasteiger partial charge in [-0.2, -0.15) is 0 Å². The van der Waals surface area contributed by atoms with Gasteiger partial charge in [-0.25, -0.2) is 4.79 Å². The highest BCUT2D eigenvalue weighted by atomic mass is 79.9. The standard InChI is InChI=1S/C12H15BrN2O4/c1-19-8(6-14)5-11(16)15-7-2-3-10(13)9(4-7)12(17)18/h2-4,8H,5-6,14H2,1H3,(H,15,16)(H,17,18). The maximum Gasteiger partial charge on any atom is 0.336 e. The van der Waals surface area contributed by atoms with Crippen LogP contribution in [0.25, 0.3) is 0 Å². The summed E-state index contributed by atoms with van der Waals surface area (Å²) in [4.78, 5) is 22.7. The molecule has 0 radical (unpaired) electrons. The number of carbonyl (C=O) groups is 2. The lowest BCUT2D eigenvalue weighted by atomic mass is 10.2. The Bertz CT molecular complexity index is 475. The maximum absolute atomic E-state index is 11.7. The molecular formula is C12H15BrN2O4. The van der Waals surface area contributed by atoms with Crippen molar-refractivity contribution < 1.29 is 19.4 Å². The molecule has 0 aliphatic heterocycles. The molecule has 6 nitrogen and oxygen atoms in total. The third-order valence-corrected chi connectivity index (χ3v) is 3.18. The van der Waals surface area contributed by atoms with E-state index >= 15 is 0 Å². The molecule has 0 bridgehead atoms. The van der Waals surface area contributed by atoms with Crippen LogP contribution >= 0.6 is 15.9 Å². The molecule has 1 aromatic carbocycles. The fourth-order valence-electron chi connectivity index (χ4n) is 1.45. The molecule has 1 atom stereocenters. The van der Waals surface area contributed by atoms with Crippen LogP contribution < -0.4 is 11.1 Å². The Labute approximate surface area is 119 Å². The Morgan fingerprint density at radius 3 is 2.74 bits per heavy atom. The topological polar surface area (TPSA) is 102 Å². The predicted octanol–water partition coefficient (Wildman–Crippen LogP) is 1.45. The van der Waals surface area contributed by atoms with Gasteiger partial charge in [-0.05, 0) is 34.1 Å². The number of ether oxygens (including phenoxy) is 1. The summed E-state index contributed by atoms with van der Waals surface area (Å²) in [6.07, 6.45) is -0.236. The van der Waals surface area contributed by atoms with E-state index in [0.717, 1.165) is 0 Å². The van der Waals surface area contributed by atoms with E-state index in [-0.39, 0.29) is 30.5 Å². The first-order valence-corrected chi connectivity index (χ1v) is 6.32. The van der Waals surface area contributed by atoms with Gasteiger partial charge in [0.05, 0.1) is 18.1 Å². The lowest BCUT2D eigenvalue weighted by Crippen LogP contribution is -2.28. The summed E-state index contributed by atoms with van der Waals surface area (Å²) >= 11 is 3.13. The monoisotopic (exact) mass is 330 g/mol. The van der Waals surface area contributed by atoms with Crippen LogP contribution in [0, 0.1) is 0 Å². The zero-order valence-corrected chi connectivity index (χ0v) is 11.9. The number of rotatable bonds is 6. The van der Waals surface area contributed by atoms with Gasteiger partial charge in [0.25, 0.3) is 0 Å². The van der Waals surface area contributed by atoms with Gasteiger partial charge in [-0.15, -0.1) is 0 Å². The van der Waals surface area contributed by atoms with Gasteiger partial charge in [0.2, 0.25) is 5.91 Å². The quantitative estimate of drug-likeness (QED) is 0.732. The van der Waals surface area contributed by atoms with Crippen molar-refractivity contribution in [3.63, 3.8) is 0 Å². The second-order valence-corrected chi connectivity index (χ2v) is 4.70. The van der Waals surface area contributed by atoms with Crippen molar-refractivity contribution in [2.45, 2.75) is 12.5 Å². The number of anilines is 1. The minimum atomic E-state index is -1.07. The number of methoxy groups -OCH3 is 1. The second-order valence-electron chi connectivity index (χ2n) is 3.85. The minimum Gasteiger partial charge on any atom is -0.478 e.